The summed E-state index contributed by atoms with van der Waals surface area (Å²) in [7, 11) is 0. The molecule has 1 aliphatic carbocycles. The third-order valence-corrected chi connectivity index (χ3v) is 4.39. The Labute approximate surface area is 106 Å². The molecule has 0 aromatic heterocycles. The minimum atomic E-state index is -0.352. The molecule has 3 nitrogen and oxygen atoms in total. The highest BCUT2D eigenvalue weighted by molar-refractivity contribution is 4.83. The summed E-state index contributed by atoms with van der Waals surface area (Å²) in [5, 5.41) is 9.28. The molecule has 3 N–H and O–H groups in total. The smallest absolute Gasteiger partial charge is 0.0611 e. The molecule has 1 atom stereocenters. The first-order valence-corrected chi connectivity index (χ1v) is 7.29. The molecule has 17 heavy (non-hydrogen) atoms. The predicted molar refractivity (Wildman–Crippen MR) is 73.0 cm³/mol. The van der Waals surface area contributed by atoms with Crippen molar-refractivity contribution in [3.05, 3.63) is 0 Å². The Balaban J connectivity index is 2.27. The summed E-state index contributed by atoms with van der Waals surface area (Å²) in [6, 6.07) is 0.808. The molecule has 1 rings (SSSR count). The van der Waals surface area contributed by atoms with Crippen LogP contribution in [0.2, 0.25) is 0 Å². The van der Waals surface area contributed by atoms with Gasteiger partial charge in [0, 0.05) is 11.6 Å². The standard InChI is InChI=1S/C14H30N2O/c1-3-14(15,12-17)10-7-11-16(4-2)13-8-5-6-9-13/h13,17H,3-12,15H2,1-2H3. The summed E-state index contributed by atoms with van der Waals surface area (Å²) < 4.78 is 0. The van der Waals surface area contributed by atoms with Crippen LogP contribution in [-0.2, 0) is 0 Å². The molecule has 0 amide bonds. The Bertz CT molecular complexity index is 198. The maximum absolute atomic E-state index is 9.28. The predicted octanol–water partition coefficient (Wildman–Crippen LogP) is 2.13. The maximum atomic E-state index is 9.28. The fraction of sp³-hybridized carbons (Fsp3) is 1.00. The molecule has 1 saturated carbocycles. The molecular weight excluding hydrogens is 212 g/mol. The van der Waals surface area contributed by atoms with Gasteiger partial charge in [0.15, 0.2) is 0 Å². The third-order valence-electron chi connectivity index (χ3n) is 4.39. The van der Waals surface area contributed by atoms with E-state index in [4.69, 9.17) is 5.73 Å². The van der Waals surface area contributed by atoms with E-state index >= 15 is 0 Å². The molecule has 102 valence electrons. The lowest BCUT2D eigenvalue weighted by atomic mass is 9.92. The van der Waals surface area contributed by atoms with Crippen LogP contribution in [0.4, 0.5) is 0 Å². The van der Waals surface area contributed by atoms with Gasteiger partial charge >= 0.3 is 0 Å². The lowest BCUT2D eigenvalue weighted by Crippen LogP contribution is -2.44. The molecule has 0 radical (unpaired) electrons. The van der Waals surface area contributed by atoms with Crippen molar-refractivity contribution in [1.82, 2.24) is 4.90 Å². The van der Waals surface area contributed by atoms with Crippen LogP contribution in [0, 0.1) is 0 Å². The zero-order chi connectivity index (χ0) is 12.7. The van der Waals surface area contributed by atoms with Gasteiger partial charge in [0.1, 0.15) is 0 Å². The van der Waals surface area contributed by atoms with Crippen LogP contribution < -0.4 is 5.73 Å². The van der Waals surface area contributed by atoms with Gasteiger partial charge in [-0.05, 0) is 45.2 Å². The van der Waals surface area contributed by atoms with Crippen molar-refractivity contribution in [2.75, 3.05) is 19.7 Å². The number of nitrogens with two attached hydrogens (primary N) is 1. The second kappa shape index (κ2) is 7.34. The number of nitrogens with zero attached hydrogens (tertiary/aromatic N) is 1. The van der Waals surface area contributed by atoms with Gasteiger partial charge in [-0.3, -0.25) is 0 Å². The number of aliphatic hydroxyl groups is 1. The zero-order valence-electron chi connectivity index (χ0n) is 11.6. The van der Waals surface area contributed by atoms with Crippen LogP contribution in [0.5, 0.6) is 0 Å². The topological polar surface area (TPSA) is 49.5 Å². The molecule has 1 aliphatic rings. The lowest BCUT2D eigenvalue weighted by Gasteiger charge is -2.30. The van der Waals surface area contributed by atoms with Crippen molar-refractivity contribution in [3.63, 3.8) is 0 Å². The highest BCUT2D eigenvalue weighted by atomic mass is 16.3. The summed E-state index contributed by atoms with van der Waals surface area (Å²) in [4.78, 5) is 2.60. The highest BCUT2D eigenvalue weighted by Gasteiger charge is 2.24. The minimum Gasteiger partial charge on any atom is -0.394 e. The number of hydrogen-bond acceptors (Lipinski definition) is 3. The molecule has 0 aliphatic heterocycles. The SMILES string of the molecule is CCN(CCCC(N)(CC)CO)C1CCCC1. The van der Waals surface area contributed by atoms with E-state index in [1.54, 1.807) is 0 Å². The number of aliphatic hydroxyl groups excluding tert-OH is 1. The van der Waals surface area contributed by atoms with Gasteiger partial charge in [0.25, 0.3) is 0 Å². The Morgan fingerprint density at radius 1 is 1.29 bits per heavy atom. The number of hydrogen-bond donors (Lipinski definition) is 2. The van der Waals surface area contributed by atoms with Crippen molar-refractivity contribution in [2.45, 2.75) is 70.4 Å². The van der Waals surface area contributed by atoms with Crippen molar-refractivity contribution in [2.24, 2.45) is 5.73 Å². The summed E-state index contributed by atoms with van der Waals surface area (Å²) in [5.74, 6) is 0. The van der Waals surface area contributed by atoms with Crippen LogP contribution in [0.25, 0.3) is 0 Å². The summed E-state index contributed by atoms with van der Waals surface area (Å²) in [6.07, 6.45) is 8.43. The first kappa shape index (κ1) is 14.9. The van der Waals surface area contributed by atoms with Crippen LogP contribution in [-0.4, -0.2) is 41.3 Å². The second-order valence-corrected chi connectivity index (χ2v) is 5.54. The van der Waals surface area contributed by atoms with E-state index in [0.717, 1.165) is 38.4 Å². The van der Waals surface area contributed by atoms with E-state index in [1.807, 2.05) is 0 Å². The summed E-state index contributed by atoms with van der Waals surface area (Å²) in [6.45, 7) is 6.71. The largest absolute Gasteiger partial charge is 0.394 e. The Hall–Kier alpha value is -0.120. The lowest BCUT2D eigenvalue weighted by molar-refractivity contribution is 0.161. The van der Waals surface area contributed by atoms with E-state index in [9.17, 15) is 5.11 Å². The molecule has 0 aromatic rings. The van der Waals surface area contributed by atoms with Gasteiger partial charge in [0.05, 0.1) is 6.61 Å². The van der Waals surface area contributed by atoms with Crippen molar-refractivity contribution < 1.29 is 5.11 Å². The molecule has 1 unspecified atom stereocenters. The Kier molecular flexibility index (Phi) is 6.45. The van der Waals surface area contributed by atoms with E-state index in [-0.39, 0.29) is 12.1 Å². The minimum absolute atomic E-state index is 0.110. The van der Waals surface area contributed by atoms with E-state index in [1.165, 1.54) is 25.7 Å². The molecule has 0 bridgehead atoms. The van der Waals surface area contributed by atoms with Gasteiger partial charge in [-0.15, -0.1) is 0 Å². The van der Waals surface area contributed by atoms with Crippen LogP contribution in [0.15, 0.2) is 0 Å². The van der Waals surface area contributed by atoms with Gasteiger partial charge in [0.2, 0.25) is 0 Å². The zero-order valence-corrected chi connectivity index (χ0v) is 11.6. The van der Waals surface area contributed by atoms with Crippen LogP contribution in [0.1, 0.15) is 58.8 Å². The van der Waals surface area contributed by atoms with Gasteiger partial charge < -0.3 is 15.7 Å². The number of rotatable bonds is 8. The monoisotopic (exact) mass is 242 g/mol. The molecule has 0 saturated heterocycles. The van der Waals surface area contributed by atoms with Crippen LogP contribution >= 0.6 is 0 Å². The Morgan fingerprint density at radius 3 is 2.41 bits per heavy atom. The van der Waals surface area contributed by atoms with Crippen LogP contribution in [0.3, 0.4) is 0 Å². The molecule has 1 fully saturated rings. The van der Waals surface area contributed by atoms with Gasteiger partial charge in [-0.25, -0.2) is 0 Å². The van der Waals surface area contributed by atoms with Crippen molar-refractivity contribution in [1.29, 1.82) is 0 Å². The quantitative estimate of drug-likeness (QED) is 0.685. The summed E-state index contributed by atoms with van der Waals surface area (Å²) >= 11 is 0. The highest BCUT2D eigenvalue weighted by Crippen LogP contribution is 2.24. The average molecular weight is 242 g/mol. The maximum Gasteiger partial charge on any atom is 0.0611 e. The molecular formula is C14H30N2O. The van der Waals surface area contributed by atoms with Crippen molar-refractivity contribution >= 4 is 0 Å². The van der Waals surface area contributed by atoms with Gasteiger partial charge in [-0.2, -0.15) is 0 Å². The molecule has 0 heterocycles. The van der Waals surface area contributed by atoms with Gasteiger partial charge in [-0.1, -0.05) is 26.7 Å². The fourth-order valence-corrected chi connectivity index (χ4v) is 2.87. The van der Waals surface area contributed by atoms with E-state index in [2.05, 4.69) is 18.7 Å². The molecule has 0 aromatic carbocycles. The third kappa shape index (κ3) is 4.57. The average Bonchev–Trinajstić information content (AvgIpc) is 2.88. The molecule has 0 spiro atoms. The normalized spacial score (nSPS) is 21.0. The van der Waals surface area contributed by atoms with E-state index in [0.29, 0.717) is 0 Å². The summed E-state index contributed by atoms with van der Waals surface area (Å²) in [5.41, 5.74) is 5.76. The van der Waals surface area contributed by atoms with Crippen molar-refractivity contribution in [3.8, 4) is 0 Å². The fourth-order valence-electron chi connectivity index (χ4n) is 2.87. The Morgan fingerprint density at radius 2 is 1.94 bits per heavy atom. The first-order chi connectivity index (χ1) is 8.15. The van der Waals surface area contributed by atoms with E-state index < -0.39 is 0 Å². The second-order valence-electron chi connectivity index (χ2n) is 5.54. The first-order valence-electron chi connectivity index (χ1n) is 7.29. The molecule has 3 heteroatoms.